The smallest absolute Gasteiger partial charge is 0.338 e. The average molecular weight is 683 g/mol. The number of rotatable bonds is 10. The topological polar surface area (TPSA) is 79.1 Å². The van der Waals surface area contributed by atoms with Gasteiger partial charge in [0.1, 0.15) is 6.61 Å². The number of esters is 1. The lowest BCUT2D eigenvalue weighted by molar-refractivity contribution is -0.138. The summed E-state index contributed by atoms with van der Waals surface area (Å²) in [7, 11) is 1.58. The Balaban J connectivity index is 1.46. The van der Waals surface area contributed by atoms with Gasteiger partial charge in [-0.1, -0.05) is 83.6 Å². The molecule has 0 N–H and O–H groups in total. The molecule has 0 amide bonds. The molecule has 7 nitrogen and oxygen atoms in total. The minimum Gasteiger partial charge on any atom is -0.493 e. The van der Waals surface area contributed by atoms with E-state index in [1.54, 1.807) is 36.4 Å². The highest BCUT2D eigenvalue weighted by Crippen LogP contribution is 2.36. The van der Waals surface area contributed by atoms with E-state index >= 15 is 0 Å². The van der Waals surface area contributed by atoms with Gasteiger partial charge in [0.2, 0.25) is 0 Å². The Morgan fingerprint density at radius 2 is 1.74 bits per heavy atom. The molecule has 0 bridgehead atoms. The van der Waals surface area contributed by atoms with E-state index in [2.05, 4.69) is 0 Å². The first-order valence-electron chi connectivity index (χ1n) is 14.9. The standard InChI is InChI=1S/C37H31ClN2O5S2/c1-4-44-36(42)32-33(25-8-6-5-7-9-25)39-37-40(34(32)26-13-17-28(46-3)18-14-26)35(41)31(47-37)21-24-12-19-29(30(20-24)43-2)45-22-23-10-15-27(38)16-11-23/h5-21,34H,4,22H2,1-3H3/b31-21-/t34-/m0/s1. The first-order valence-corrected chi connectivity index (χ1v) is 17.3. The maximum absolute atomic E-state index is 14.2. The molecule has 0 saturated carbocycles. The number of fused-ring (bicyclic) bond motifs is 1. The van der Waals surface area contributed by atoms with Gasteiger partial charge in [0.05, 0.1) is 35.6 Å². The minimum absolute atomic E-state index is 0.189. The highest BCUT2D eigenvalue weighted by Gasteiger charge is 2.35. The first kappa shape index (κ1) is 32.4. The van der Waals surface area contributed by atoms with Crippen LogP contribution in [0.4, 0.5) is 0 Å². The fraction of sp³-hybridized carbons (Fsp3) is 0.162. The minimum atomic E-state index is -0.739. The fourth-order valence-electron chi connectivity index (χ4n) is 5.33. The third-order valence-electron chi connectivity index (χ3n) is 7.60. The van der Waals surface area contributed by atoms with Crippen molar-refractivity contribution in [1.29, 1.82) is 0 Å². The van der Waals surface area contributed by atoms with E-state index in [1.165, 1.54) is 11.3 Å². The number of aromatic nitrogens is 1. The van der Waals surface area contributed by atoms with Crippen molar-refractivity contribution in [3.05, 3.63) is 150 Å². The van der Waals surface area contributed by atoms with Crippen molar-refractivity contribution < 1.29 is 19.0 Å². The predicted octanol–water partition coefficient (Wildman–Crippen LogP) is 6.90. The Kier molecular flexibility index (Phi) is 9.96. The van der Waals surface area contributed by atoms with Gasteiger partial charge in [0, 0.05) is 15.5 Å². The summed E-state index contributed by atoms with van der Waals surface area (Å²) < 4.78 is 19.3. The highest BCUT2D eigenvalue weighted by molar-refractivity contribution is 7.98. The number of thioether (sulfide) groups is 1. The van der Waals surface area contributed by atoms with E-state index < -0.39 is 12.0 Å². The number of thiazole rings is 1. The van der Waals surface area contributed by atoms with Gasteiger partial charge in [-0.05, 0) is 72.3 Å². The molecule has 6 rings (SSSR count). The summed E-state index contributed by atoms with van der Waals surface area (Å²) in [5, 5.41) is 0.661. The zero-order valence-electron chi connectivity index (χ0n) is 25.9. The zero-order chi connectivity index (χ0) is 32.9. The van der Waals surface area contributed by atoms with E-state index in [9.17, 15) is 9.59 Å². The molecule has 1 atom stereocenters. The number of nitrogens with zero attached hydrogens (tertiary/aromatic N) is 2. The molecule has 5 aromatic rings. The Bertz CT molecular complexity index is 2120. The molecule has 0 aliphatic carbocycles. The van der Waals surface area contributed by atoms with Crippen molar-refractivity contribution in [2.24, 2.45) is 4.99 Å². The highest BCUT2D eigenvalue weighted by atomic mass is 35.5. The largest absolute Gasteiger partial charge is 0.493 e. The molecule has 10 heteroatoms. The summed E-state index contributed by atoms with van der Waals surface area (Å²) in [6, 6.07) is 29.6. The molecule has 0 unspecified atom stereocenters. The molecule has 0 radical (unpaired) electrons. The molecule has 2 heterocycles. The number of ether oxygens (including phenoxy) is 3. The van der Waals surface area contributed by atoms with E-state index in [-0.39, 0.29) is 12.2 Å². The van der Waals surface area contributed by atoms with Crippen LogP contribution in [-0.2, 0) is 16.1 Å². The number of carbonyl (C=O) groups is 1. The zero-order valence-corrected chi connectivity index (χ0v) is 28.3. The summed E-state index contributed by atoms with van der Waals surface area (Å²) in [4.78, 5) is 34.4. The van der Waals surface area contributed by atoms with Crippen molar-refractivity contribution in [3.63, 3.8) is 0 Å². The van der Waals surface area contributed by atoms with Crippen molar-refractivity contribution in [2.75, 3.05) is 20.0 Å². The Labute approximate surface area is 285 Å². The van der Waals surface area contributed by atoms with Crippen LogP contribution in [-0.4, -0.2) is 30.5 Å². The number of carbonyl (C=O) groups excluding carboxylic acids is 1. The van der Waals surface area contributed by atoms with Gasteiger partial charge >= 0.3 is 5.97 Å². The van der Waals surface area contributed by atoms with Gasteiger partial charge < -0.3 is 14.2 Å². The number of methoxy groups -OCH3 is 1. The second-order valence-corrected chi connectivity index (χ2v) is 12.9. The van der Waals surface area contributed by atoms with Gasteiger partial charge in [-0.15, -0.1) is 11.8 Å². The van der Waals surface area contributed by atoms with Gasteiger partial charge in [0.15, 0.2) is 16.3 Å². The Hall–Kier alpha value is -4.57. The number of halogens is 1. The third kappa shape index (κ3) is 6.93. The third-order valence-corrected chi connectivity index (χ3v) is 9.58. The van der Waals surface area contributed by atoms with Crippen LogP contribution in [0.25, 0.3) is 11.8 Å². The van der Waals surface area contributed by atoms with E-state index in [0.717, 1.165) is 27.1 Å². The quantitative estimate of drug-likeness (QED) is 0.118. The molecule has 1 aromatic heterocycles. The molecular formula is C37H31ClN2O5S2. The van der Waals surface area contributed by atoms with Crippen LogP contribution < -0.4 is 24.4 Å². The molecular weight excluding hydrogens is 652 g/mol. The molecule has 238 valence electrons. The molecule has 4 aromatic carbocycles. The lowest BCUT2D eigenvalue weighted by atomic mass is 9.93. The second-order valence-electron chi connectivity index (χ2n) is 10.5. The number of benzene rings is 4. The Morgan fingerprint density at radius 1 is 1.00 bits per heavy atom. The molecule has 0 fully saturated rings. The van der Waals surface area contributed by atoms with Crippen LogP contribution in [0.5, 0.6) is 11.5 Å². The van der Waals surface area contributed by atoms with Gasteiger partial charge in [-0.25, -0.2) is 9.79 Å². The van der Waals surface area contributed by atoms with Gasteiger partial charge in [-0.3, -0.25) is 9.36 Å². The number of hydrogen-bond donors (Lipinski definition) is 0. The first-order chi connectivity index (χ1) is 22.9. The van der Waals surface area contributed by atoms with Crippen LogP contribution in [0, 0.1) is 0 Å². The SMILES string of the molecule is CCOC(=O)C1=C(c2ccccc2)N=c2s/c(=C\c3ccc(OCc4ccc(Cl)cc4)c(OC)c3)c(=O)n2[C@H]1c1ccc(SC)cc1. The second kappa shape index (κ2) is 14.5. The van der Waals surface area contributed by atoms with Gasteiger partial charge in [-0.2, -0.15) is 0 Å². The van der Waals surface area contributed by atoms with E-state index in [1.807, 2.05) is 103 Å². The van der Waals surface area contributed by atoms with Gasteiger partial charge in [0.25, 0.3) is 5.56 Å². The van der Waals surface area contributed by atoms with E-state index in [0.29, 0.717) is 43.7 Å². The fourth-order valence-corrected chi connectivity index (χ4v) is 6.86. The summed E-state index contributed by atoms with van der Waals surface area (Å²) in [6.45, 7) is 2.30. The van der Waals surface area contributed by atoms with Crippen molar-refractivity contribution in [3.8, 4) is 11.5 Å². The maximum Gasteiger partial charge on any atom is 0.338 e. The molecule has 0 spiro atoms. The van der Waals surface area contributed by atoms with Crippen molar-refractivity contribution in [2.45, 2.75) is 24.5 Å². The Morgan fingerprint density at radius 3 is 2.43 bits per heavy atom. The summed E-state index contributed by atoms with van der Waals surface area (Å²) in [6.07, 6.45) is 3.81. The normalized spacial score (nSPS) is 14.4. The molecule has 1 aliphatic heterocycles. The number of hydrogen-bond acceptors (Lipinski definition) is 8. The van der Waals surface area contributed by atoms with Crippen LogP contribution >= 0.6 is 34.7 Å². The van der Waals surface area contributed by atoms with Crippen LogP contribution in [0.1, 0.15) is 35.2 Å². The summed E-state index contributed by atoms with van der Waals surface area (Å²) in [5.41, 5.74) is 3.81. The summed E-state index contributed by atoms with van der Waals surface area (Å²) in [5.74, 6) is 0.590. The predicted molar refractivity (Wildman–Crippen MR) is 188 cm³/mol. The van der Waals surface area contributed by atoms with Crippen LogP contribution in [0.3, 0.4) is 0 Å². The molecule has 1 aliphatic rings. The van der Waals surface area contributed by atoms with Crippen molar-refractivity contribution >= 4 is 52.4 Å². The average Bonchev–Trinajstić information content (AvgIpc) is 3.41. The lowest BCUT2D eigenvalue weighted by Crippen LogP contribution is -2.40. The van der Waals surface area contributed by atoms with Crippen LogP contribution in [0.2, 0.25) is 5.02 Å². The summed E-state index contributed by atoms with van der Waals surface area (Å²) >= 11 is 8.90. The lowest BCUT2D eigenvalue weighted by Gasteiger charge is -2.26. The van der Waals surface area contributed by atoms with E-state index in [4.69, 9.17) is 30.8 Å². The molecule has 0 saturated heterocycles. The van der Waals surface area contributed by atoms with Crippen LogP contribution in [0.15, 0.2) is 117 Å². The van der Waals surface area contributed by atoms with Crippen molar-refractivity contribution in [1.82, 2.24) is 4.57 Å². The molecule has 47 heavy (non-hydrogen) atoms. The maximum atomic E-state index is 14.2. The monoisotopic (exact) mass is 682 g/mol.